The van der Waals surface area contributed by atoms with Gasteiger partial charge in [0.05, 0.1) is 18.6 Å². The van der Waals surface area contributed by atoms with Crippen LogP contribution in [0.25, 0.3) is 0 Å². The van der Waals surface area contributed by atoms with Gasteiger partial charge in [0.25, 0.3) is 0 Å². The van der Waals surface area contributed by atoms with Crippen LogP contribution in [0.1, 0.15) is 44.9 Å². The first-order chi connectivity index (χ1) is 7.66. The third-order valence-electron chi connectivity index (χ3n) is 3.42. The largest absolute Gasteiger partial charge is 0.467 e. The van der Waals surface area contributed by atoms with Gasteiger partial charge in [-0.1, -0.05) is 32.1 Å². The molecule has 1 unspecified atom stereocenters. The molecular formula is C12H19NO3. The number of carbonyl (C=O) groups is 1. The molecule has 4 heteroatoms. The molecule has 1 atom stereocenters. The normalized spacial score (nSPS) is 22.3. The van der Waals surface area contributed by atoms with Crippen molar-refractivity contribution in [2.45, 2.75) is 51.0 Å². The Morgan fingerprint density at radius 1 is 1.31 bits per heavy atom. The lowest BCUT2D eigenvalue weighted by atomic mass is 9.73. The molecule has 0 aromatic rings. The summed E-state index contributed by atoms with van der Waals surface area (Å²) in [5, 5.41) is 19.2. The zero-order chi connectivity index (χ0) is 12.0. The molecule has 1 aliphatic carbocycles. The second-order valence-electron chi connectivity index (χ2n) is 4.46. The highest BCUT2D eigenvalue weighted by molar-refractivity contribution is 5.76. The van der Waals surface area contributed by atoms with Gasteiger partial charge in [0, 0.05) is 0 Å². The highest BCUT2D eigenvalue weighted by Gasteiger charge is 2.42. The van der Waals surface area contributed by atoms with E-state index in [0.717, 1.165) is 25.7 Å². The van der Waals surface area contributed by atoms with Crippen molar-refractivity contribution in [2.24, 2.45) is 5.41 Å². The molecule has 0 heterocycles. The maximum absolute atomic E-state index is 11.3. The lowest BCUT2D eigenvalue weighted by Gasteiger charge is -2.31. The van der Waals surface area contributed by atoms with Gasteiger partial charge >= 0.3 is 5.97 Å². The number of hydrogen-bond acceptors (Lipinski definition) is 4. The molecule has 1 saturated carbocycles. The Bertz CT molecular complexity index is 274. The SMILES string of the molecule is COC(=O)C(O)C1(C#N)CCCCCCC1. The lowest BCUT2D eigenvalue weighted by molar-refractivity contribution is -0.156. The van der Waals surface area contributed by atoms with Crippen molar-refractivity contribution in [2.75, 3.05) is 7.11 Å². The summed E-state index contributed by atoms with van der Waals surface area (Å²) in [7, 11) is 1.24. The van der Waals surface area contributed by atoms with Crippen molar-refractivity contribution in [3.8, 4) is 6.07 Å². The predicted octanol–water partition coefficient (Wildman–Crippen LogP) is 1.77. The topological polar surface area (TPSA) is 70.3 Å². The Hall–Kier alpha value is -1.08. The minimum absolute atomic E-state index is 0.583. The van der Waals surface area contributed by atoms with Crippen molar-refractivity contribution >= 4 is 5.97 Å². The van der Waals surface area contributed by atoms with E-state index in [4.69, 9.17) is 0 Å². The zero-order valence-electron chi connectivity index (χ0n) is 9.74. The van der Waals surface area contributed by atoms with Crippen molar-refractivity contribution < 1.29 is 14.6 Å². The van der Waals surface area contributed by atoms with E-state index in [1.54, 1.807) is 0 Å². The van der Waals surface area contributed by atoms with Crippen LogP contribution >= 0.6 is 0 Å². The van der Waals surface area contributed by atoms with Crippen molar-refractivity contribution in [3.05, 3.63) is 0 Å². The number of nitrogens with zero attached hydrogens (tertiary/aromatic N) is 1. The van der Waals surface area contributed by atoms with Gasteiger partial charge in [-0.3, -0.25) is 0 Å². The number of ether oxygens (including phenoxy) is 1. The first-order valence-electron chi connectivity index (χ1n) is 5.83. The molecule has 4 nitrogen and oxygen atoms in total. The molecule has 0 spiro atoms. The fraction of sp³-hybridized carbons (Fsp3) is 0.833. The number of hydrogen-bond donors (Lipinski definition) is 1. The summed E-state index contributed by atoms with van der Waals surface area (Å²) >= 11 is 0. The van der Waals surface area contributed by atoms with Crippen LogP contribution in [0.2, 0.25) is 0 Å². The summed E-state index contributed by atoms with van der Waals surface area (Å²) < 4.78 is 4.52. The maximum Gasteiger partial charge on any atom is 0.336 e. The van der Waals surface area contributed by atoms with Crippen LogP contribution in [0.15, 0.2) is 0 Å². The summed E-state index contributed by atoms with van der Waals surface area (Å²) in [6.45, 7) is 0. The summed E-state index contributed by atoms with van der Waals surface area (Å²) in [5.74, 6) is -0.692. The van der Waals surface area contributed by atoms with Crippen LogP contribution in [-0.4, -0.2) is 24.3 Å². The molecule has 1 fully saturated rings. The number of aliphatic hydroxyl groups is 1. The monoisotopic (exact) mass is 225 g/mol. The lowest BCUT2D eigenvalue weighted by Crippen LogP contribution is -2.41. The minimum atomic E-state index is -1.31. The average molecular weight is 225 g/mol. The van der Waals surface area contributed by atoms with Crippen LogP contribution in [0, 0.1) is 16.7 Å². The summed E-state index contributed by atoms with van der Waals surface area (Å²) in [4.78, 5) is 11.3. The van der Waals surface area contributed by atoms with E-state index in [1.165, 1.54) is 13.5 Å². The first-order valence-corrected chi connectivity index (χ1v) is 5.83. The molecule has 1 aliphatic rings. The maximum atomic E-state index is 11.3. The number of esters is 1. The molecule has 1 rings (SSSR count). The summed E-state index contributed by atoms with van der Waals surface area (Å²) in [6.07, 6.45) is 4.95. The molecule has 0 aromatic heterocycles. The average Bonchev–Trinajstić information content (AvgIpc) is 2.28. The number of aliphatic hydroxyl groups excluding tert-OH is 1. The van der Waals surface area contributed by atoms with Crippen LogP contribution < -0.4 is 0 Å². The third kappa shape index (κ3) is 2.73. The third-order valence-corrected chi connectivity index (χ3v) is 3.42. The second-order valence-corrected chi connectivity index (χ2v) is 4.46. The summed E-state index contributed by atoms with van der Waals surface area (Å²) in [6, 6.07) is 2.15. The van der Waals surface area contributed by atoms with Crippen LogP contribution in [0.3, 0.4) is 0 Å². The van der Waals surface area contributed by atoms with E-state index < -0.39 is 17.5 Å². The molecule has 16 heavy (non-hydrogen) atoms. The van der Waals surface area contributed by atoms with Gasteiger partial charge in [-0.05, 0) is 12.8 Å². The van der Waals surface area contributed by atoms with Gasteiger partial charge in [0.1, 0.15) is 0 Å². The second kappa shape index (κ2) is 5.86. The van der Waals surface area contributed by atoms with Gasteiger partial charge in [-0.15, -0.1) is 0 Å². The Morgan fingerprint density at radius 2 is 1.81 bits per heavy atom. The quantitative estimate of drug-likeness (QED) is 0.727. The molecule has 0 saturated heterocycles. The number of methoxy groups -OCH3 is 1. The van der Waals surface area contributed by atoms with Gasteiger partial charge in [-0.2, -0.15) is 5.26 Å². The molecule has 0 bridgehead atoms. The Morgan fingerprint density at radius 3 is 2.25 bits per heavy atom. The number of nitriles is 1. The molecule has 1 N–H and O–H groups in total. The van der Waals surface area contributed by atoms with Crippen molar-refractivity contribution in [1.82, 2.24) is 0 Å². The van der Waals surface area contributed by atoms with Crippen LogP contribution in [0.4, 0.5) is 0 Å². The van der Waals surface area contributed by atoms with E-state index in [9.17, 15) is 15.2 Å². The standard InChI is InChI=1S/C12H19NO3/c1-16-11(15)10(14)12(9-13)7-5-3-2-4-6-8-12/h10,14H,2-8H2,1H3. The predicted molar refractivity (Wildman–Crippen MR) is 58.4 cm³/mol. The Balaban J connectivity index is 2.80. The highest BCUT2D eigenvalue weighted by atomic mass is 16.5. The molecule has 90 valence electrons. The fourth-order valence-corrected chi connectivity index (χ4v) is 2.32. The minimum Gasteiger partial charge on any atom is -0.467 e. The van der Waals surface area contributed by atoms with Gasteiger partial charge in [-0.25, -0.2) is 4.79 Å². The van der Waals surface area contributed by atoms with E-state index in [1.807, 2.05) is 0 Å². The fourth-order valence-electron chi connectivity index (χ4n) is 2.32. The summed E-state index contributed by atoms with van der Waals surface area (Å²) in [5.41, 5.74) is -0.937. The van der Waals surface area contributed by atoms with Crippen molar-refractivity contribution in [3.63, 3.8) is 0 Å². The number of carbonyl (C=O) groups excluding carboxylic acids is 1. The molecule has 0 aliphatic heterocycles. The van der Waals surface area contributed by atoms with Gasteiger partial charge < -0.3 is 9.84 Å². The molecular weight excluding hydrogens is 206 g/mol. The zero-order valence-corrected chi connectivity index (χ0v) is 9.74. The van der Waals surface area contributed by atoms with Gasteiger partial charge in [0.2, 0.25) is 0 Å². The molecule has 0 amide bonds. The van der Waals surface area contributed by atoms with Crippen molar-refractivity contribution in [1.29, 1.82) is 5.26 Å². The Kier molecular flexibility index (Phi) is 4.75. The Labute approximate surface area is 96.2 Å². The van der Waals surface area contributed by atoms with E-state index in [2.05, 4.69) is 10.8 Å². The molecule has 0 aromatic carbocycles. The smallest absolute Gasteiger partial charge is 0.336 e. The van der Waals surface area contributed by atoms with E-state index in [0.29, 0.717) is 12.8 Å². The first kappa shape index (κ1) is 13.0. The highest BCUT2D eigenvalue weighted by Crippen LogP contribution is 2.37. The van der Waals surface area contributed by atoms with E-state index in [-0.39, 0.29) is 0 Å². The van der Waals surface area contributed by atoms with Crippen LogP contribution in [-0.2, 0) is 9.53 Å². The molecule has 0 radical (unpaired) electrons. The van der Waals surface area contributed by atoms with E-state index >= 15 is 0 Å². The number of rotatable bonds is 2. The van der Waals surface area contributed by atoms with Gasteiger partial charge in [0.15, 0.2) is 6.10 Å². The van der Waals surface area contributed by atoms with Crippen LogP contribution in [0.5, 0.6) is 0 Å².